The summed E-state index contributed by atoms with van der Waals surface area (Å²) in [7, 11) is 0. The minimum absolute atomic E-state index is 0.0747. The van der Waals surface area contributed by atoms with Crippen molar-refractivity contribution in [1.29, 1.82) is 0 Å². The van der Waals surface area contributed by atoms with Crippen molar-refractivity contribution in [1.82, 2.24) is 0 Å². The summed E-state index contributed by atoms with van der Waals surface area (Å²) in [4.78, 5) is 11.3. The van der Waals surface area contributed by atoms with Crippen molar-refractivity contribution in [3.05, 3.63) is 29.3 Å². The van der Waals surface area contributed by atoms with Gasteiger partial charge in [-0.05, 0) is 31.0 Å². The Kier molecular flexibility index (Phi) is 4.58. The molecule has 0 unspecified atom stereocenters. The Morgan fingerprint density at radius 1 is 1.33 bits per heavy atom. The molecule has 0 N–H and O–H groups in total. The van der Waals surface area contributed by atoms with Crippen LogP contribution in [-0.2, 0) is 16.0 Å². The number of benzene rings is 1. The molecule has 18 heavy (non-hydrogen) atoms. The van der Waals surface area contributed by atoms with Crippen LogP contribution in [0.25, 0.3) is 0 Å². The number of esters is 1. The van der Waals surface area contributed by atoms with E-state index >= 15 is 0 Å². The number of ether oxygens (including phenoxy) is 2. The third-order valence-corrected chi connectivity index (χ3v) is 2.26. The Hall–Kier alpha value is -1.72. The van der Waals surface area contributed by atoms with Gasteiger partial charge in [0.25, 0.3) is 0 Å². The summed E-state index contributed by atoms with van der Waals surface area (Å²) < 4.78 is 45.0. The number of carbonyl (C=O) groups is 1. The first-order chi connectivity index (χ1) is 8.33. The highest BCUT2D eigenvalue weighted by molar-refractivity contribution is 5.73. The maximum atomic E-state index is 12.1. The molecule has 0 aliphatic heterocycles. The fourth-order valence-corrected chi connectivity index (χ4v) is 1.45. The lowest BCUT2D eigenvalue weighted by molar-refractivity contribution is -0.274. The number of alkyl halides is 3. The summed E-state index contributed by atoms with van der Waals surface area (Å²) in [6.45, 7) is 3.36. The number of hydrogen-bond donors (Lipinski definition) is 0. The Morgan fingerprint density at radius 2 is 2.00 bits per heavy atom. The number of rotatable bonds is 4. The van der Waals surface area contributed by atoms with Crippen molar-refractivity contribution < 1.29 is 27.4 Å². The number of hydrogen-bond acceptors (Lipinski definition) is 3. The molecular formula is C12H13F3O3. The third-order valence-electron chi connectivity index (χ3n) is 2.26. The molecule has 0 bridgehead atoms. The quantitative estimate of drug-likeness (QED) is 0.782. The number of halogens is 3. The zero-order valence-electron chi connectivity index (χ0n) is 10.0. The van der Waals surface area contributed by atoms with Crippen molar-refractivity contribution in [2.75, 3.05) is 6.61 Å². The molecule has 0 spiro atoms. The Labute approximate surface area is 103 Å². The first-order valence-corrected chi connectivity index (χ1v) is 5.33. The van der Waals surface area contributed by atoms with E-state index in [1.54, 1.807) is 13.0 Å². The highest BCUT2D eigenvalue weighted by atomic mass is 19.4. The molecule has 0 fully saturated rings. The molecule has 0 atom stereocenters. The van der Waals surface area contributed by atoms with Gasteiger partial charge in [0.15, 0.2) is 0 Å². The van der Waals surface area contributed by atoms with Gasteiger partial charge in [-0.2, -0.15) is 0 Å². The van der Waals surface area contributed by atoms with Gasteiger partial charge in [0.05, 0.1) is 13.0 Å². The van der Waals surface area contributed by atoms with Crippen LogP contribution in [0, 0.1) is 6.92 Å². The fraction of sp³-hybridized carbons (Fsp3) is 0.417. The van der Waals surface area contributed by atoms with E-state index in [0.717, 1.165) is 0 Å². The van der Waals surface area contributed by atoms with E-state index in [1.165, 1.54) is 19.1 Å². The summed E-state index contributed by atoms with van der Waals surface area (Å²) in [5.74, 6) is -0.783. The number of carbonyl (C=O) groups excluding carboxylic acids is 1. The van der Waals surface area contributed by atoms with Crippen molar-refractivity contribution >= 4 is 5.97 Å². The standard InChI is InChI=1S/C12H13F3O3/c1-3-17-11(16)7-9-5-4-6-10(8(9)2)18-12(13,14)15/h4-6H,3,7H2,1-2H3. The van der Waals surface area contributed by atoms with E-state index in [1.807, 2.05) is 0 Å². The summed E-state index contributed by atoms with van der Waals surface area (Å²) in [5.41, 5.74) is 0.734. The van der Waals surface area contributed by atoms with E-state index in [9.17, 15) is 18.0 Å². The predicted molar refractivity (Wildman–Crippen MR) is 58.2 cm³/mol. The highest BCUT2D eigenvalue weighted by Gasteiger charge is 2.32. The zero-order valence-corrected chi connectivity index (χ0v) is 10.0. The molecular weight excluding hydrogens is 249 g/mol. The van der Waals surface area contributed by atoms with Gasteiger partial charge >= 0.3 is 12.3 Å². The smallest absolute Gasteiger partial charge is 0.466 e. The molecule has 0 radical (unpaired) electrons. The molecule has 0 aliphatic rings. The minimum Gasteiger partial charge on any atom is -0.466 e. The maximum Gasteiger partial charge on any atom is 0.573 e. The van der Waals surface area contributed by atoms with Crippen LogP contribution >= 0.6 is 0 Å². The average Bonchev–Trinajstić information content (AvgIpc) is 2.22. The van der Waals surface area contributed by atoms with Gasteiger partial charge in [-0.3, -0.25) is 4.79 Å². The molecule has 1 rings (SSSR count). The van der Waals surface area contributed by atoms with E-state index < -0.39 is 12.3 Å². The minimum atomic E-state index is -4.74. The largest absolute Gasteiger partial charge is 0.573 e. The van der Waals surface area contributed by atoms with Gasteiger partial charge in [0.1, 0.15) is 5.75 Å². The van der Waals surface area contributed by atoms with Gasteiger partial charge in [-0.1, -0.05) is 12.1 Å². The monoisotopic (exact) mass is 262 g/mol. The van der Waals surface area contributed by atoms with Crippen LogP contribution in [0.15, 0.2) is 18.2 Å². The van der Waals surface area contributed by atoms with Crippen LogP contribution in [0.2, 0.25) is 0 Å². The summed E-state index contributed by atoms with van der Waals surface area (Å²) >= 11 is 0. The van der Waals surface area contributed by atoms with Crippen molar-refractivity contribution in [2.24, 2.45) is 0 Å². The molecule has 1 aromatic rings. The highest BCUT2D eigenvalue weighted by Crippen LogP contribution is 2.28. The van der Waals surface area contributed by atoms with Gasteiger partial charge in [-0.15, -0.1) is 13.2 Å². The average molecular weight is 262 g/mol. The molecule has 6 heteroatoms. The molecule has 0 heterocycles. The summed E-state index contributed by atoms with van der Waals surface area (Å²) in [6.07, 6.45) is -4.82. The van der Waals surface area contributed by atoms with Crippen molar-refractivity contribution in [3.8, 4) is 5.75 Å². The summed E-state index contributed by atoms with van der Waals surface area (Å²) in [5, 5.41) is 0. The summed E-state index contributed by atoms with van der Waals surface area (Å²) in [6, 6.07) is 4.18. The van der Waals surface area contributed by atoms with E-state index in [2.05, 4.69) is 4.74 Å². The fourth-order valence-electron chi connectivity index (χ4n) is 1.45. The van der Waals surface area contributed by atoms with Gasteiger partial charge in [-0.25, -0.2) is 0 Å². The van der Waals surface area contributed by atoms with Crippen LogP contribution < -0.4 is 4.74 Å². The van der Waals surface area contributed by atoms with Crippen LogP contribution in [0.5, 0.6) is 5.75 Å². The Bertz CT molecular complexity index is 427. The molecule has 0 aromatic heterocycles. The second kappa shape index (κ2) is 5.75. The maximum absolute atomic E-state index is 12.1. The molecule has 0 amide bonds. The van der Waals surface area contributed by atoms with Crippen molar-refractivity contribution in [2.45, 2.75) is 26.6 Å². The topological polar surface area (TPSA) is 35.5 Å². The zero-order chi connectivity index (χ0) is 13.8. The van der Waals surface area contributed by atoms with Gasteiger partial charge < -0.3 is 9.47 Å². The SMILES string of the molecule is CCOC(=O)Cc1cccc(OC(F)(F)F)c1C. The second-order valence-electron chi connectivity index (χ2n) is 3.57. The van der Waals surface area contributed by atoms with Crippen LogP contribution in [-0.4, -0.2) is 18.9 Å². The van der Waals surface area contributed by atoms with Crippen LogP contribution in [0.3, 0.4) is 0 Å². The first-order valence-electron chi connectivity index (χ1n) is 5.33. The molecule has 100 valence electrons. The molecule has 3 nitrogen and oxygen atoms in total. The first kappa shape index (κ1) is 14.3. The lowest BCUT2D eigenvalue weighted by Crippen LogP contribution is -2.18. The van der Waals surface area contributed by atoms with Crippen LogP contribution in [0.1, 0.15) is 18.1 Å². The normalized spacial score (nSPS) is 11.2. The Balaban J connectivity index is 2.88. The second-order valence-corrected chi connectivity index (χ2v) is 3.57. The molecule has 0 aliphatic carbocycles. The Morgan fingerprint density at radius 3 is 2.56 bits per heavy atom. The van der Waals surface area contributed by atoms with E-state index in [-0.39, 0.29) is 24.3 Å². The molecule has 0 saturated heterocycles. The van der Waals surface area contributed by atoms with Gasteiger partial charge in [0.2, 0.25) is 0 Å². The molecule has 1 aromatic carbocycles. The van der Waals surface area contributed by atoms with Crippen molar-refractivity contribution in [3.63, 3.8) is 0 Å². The lowest BCUT2D eigenvalue weighted by Gasteiger charge is -2.13. The third kappa shape index (κ3) is 4.27. The van der Waals surface area contributed by atoms with E-state index in [0.29, 0.717) is 5.56 Å². The predicted octanol–water partition coefficient (Wildman–Crippen LogP) is 3.00. The van der Waals surface area contributed by atoms with E-state index in [4.69, 9.17) is 4.74 Å². The van der Waals surface area contributed by atoms with Crippen LogP contribution in [0.4, 0.5) is 13.2 Å². The molecule has 0 saturated carbocycles. The van der Waals surface area contributed by atoms with Gasteiger partial charge in [0, 0.05) is 0 Å². The lowest BCUT2D eigenvalue weighted by atomic mass is 10.1.